The van der Waals surface area contributed by atoms with Crippen molar-refractivity contribution < 1.29 is 9.59 Å². The summed E-state index contributed by atoms with van der Waals surface area (Å²) in [7, 11) is 0. The molecular formula is C19H29N3O2. The molecule has 3 N–H and O–H groups in total. The zero-order valence-electron chi connectivity index (χ0n) is 15.0. The molecule has 0 aliphatic carbocycles. The molecule has 1 heterocycles. The monoisotopic (exact) mass is 331 g/mol. The predicted molar refractivity (Wildman–Crippen MR) is 96.8 cm³/mol. The first-order valence-electron chi connectivity index (χ1n) is 8.90. The average Bonchev–Trinajstić information content (AvgIpc) is 3.01. The number of para-hydroxylation sites is 1. The molecule has 0 saturated carbocycles. The zero-order chi connectivity index (χ0) is 17.7. The van der Waals surface area contributed by atoms with Gasteiger partial charge in [0.05, 0.1) is 11.5 Å². The number of carbonyl (C=O) groups excluding carboxylic acids is 2. The van der Waals surface area contributed by atoms with E-state index in [0.29, 0.717) is 13.1 Å². The maximum Gasteiger partial charge on any atom is 0.227 e. The van der Waals surface area contributed by atoms with Gasteiger partial charge in [-0.15, -0.1) is 0 Å². The van der Waals surface area contributed by atoms with Crippen molar-refractivity contribution in [3.63, 3.8) is 0 Å². The molecule has 0 bridgehead atoms. The number of anilines is 1. The van der Waals surface area contributed by atoms with E-state index in [2.05, 4.69) is 12.2 Å². The van der Waals surface area contributed by atoms with E-state index in [0.717, 1.165) is 30.5 Å². The molecule has 5 heteroatoms. The highest BCUT2D eigenvalue weighted by atomic mass is 16.2. The first-order valence-corrected chi connectivity index (χ1v) is 8.90. The Morgan fingerprint density at radius 1 is 1.29 bits per heavy atom. The highest BCUT2D eigenvalue weighted by Gasteiger charge is 2.38. The third-order valence-electron chi connectivity index (χ3n) is 5.29. The van der Waals surface area contributed by atoms with Gasteiger partial charge in [-0.05, 0) is 30.9 Å². The van der Waals surface area contributed by atoms with Crippen LogP contribution in [0, 0.1) is 5.92 Å². The van der Waals surface area contributed by atoms with E-state index in [1.54, 1.807) is 4.90 Å². The Hall–Kier alpha value is -1.88. The van der Waals surface area contributed by atoms with Crippen molar-refractivity contribution in [1.29, 1.82) is 0 Å². The van der Waals surface area contributed by atoms with Gasteiger partial charge < -0.3 is 16.0 Å². The Labute approximate surface area is 144 Å². The second-order valence-electron chi connectivity index (χ2n) is 6.57. The minimum Gasteiger partial charge on any atom is -0.349 e. The smallest absolute Gasteiger partial charge is 0.227 e. The molecule has 1 unspecified atom stereocenters. The van der Waals surface area contributed by atoms with Crippen LogP contribution in [0.4, 0.5) is 5.69 Å². The van der Waals surface area contributed by atoms with Crippen molar-refractivity contribution in [1.82, 2.24) is 5.32 Å². The van der Waals surface area contributed by atoms with Crippen LogP contribution in [0.2, 0.25) is 0 Å². The largest absolute Gasteiger partial charge is 0.349 e. The molecule has 2 rings (SSSR count). The number of nitrogens with one attached hydrogen (secondary N) is 1. The predicted octanol–water partition coefficient (Wildman–Crippen LogP) is 2.24. The van der Waals surface area contributed by atoms with E-state index in [4.69, 9.17) is 5.73 Å². The van der Waals surface area contributed by atoms with Crippen LogP contribution in [0.1, 0.15) is 45.6 Å². The summed E-state index contributed by atoms with van der Waals surface area (Å²) in [6.45, 7) is 6.98. The van der Waals surface area contributed by atoms with Gasteiger partial charge in [-0.2, -0.15) is 0 Å². The molecule has 24 heavy (non-hydrogen) atoms. The maximum absolute atomic E-state index is 12.7. The Kier molecular flexibility index (Phi) is 5.99. The van der Waals surface area contributed by atoms with E-state index in [1.165, 1.54) is 0 Å². The molecule has 0 spiro atoms. The average molecular weight is 331 g/mol. The lowest BCUT2D eigenvalue weighted by Gasteiger charge is -2.32. The van der Waals surface area contributed by atoms with Crippen LogP contribution in [0.15, 0.2) is 24.3 Å². The fourth-order valence-electron chi connectivity index (χ4n) is 3.32. The topological polar surface area (TPSA) is 75.4 Å². The van der Waals surface area contributed by atoms with Gasteiger partial charge in [-0.25, -0.2) is 0 Å². The first-order chi connectivity index (χ1) is 11.5. The second-order valence-corrected chi connectivity index (χ2v) is 6.57. The van der Waals surface area contributed by atoms with E-state index in [9.17, 15) is 9.59 Å². The summed E-state index contributed by atoms with van der Waals surface area (Å²) in [5, 5.41) is 3.10. The van der Waals surface area contributed by atoms with Crippen molar-refractivity contribution in [3.05, 3.63) is 29.8 Å². The van der Waals surface area contributed by atoms with Crippen LogP contribution in [-0.4, -0.2) is 30.4 Å². The summed E-state index contributed by atoms with van der Waals surface area (Å²) in [4.78, 5) is 26.9. The standard InChI is InChI=1S/C19H29N3O2/c1-4-14-9-7-8-10-16(14)22-12-15(11-17(22)23)18(24)21-19(5-2,6-3)13-20/h7-10,15H,4-6,11-13,20H2,1-3H3,(H,21,24). The van der Waals surface area contributed by atoms with Gasteiger partial charge >= 0.3 is 0 Å². The number of nitrogens with zero attached hydrogens (tertiary/aromatic N) is 1. The minimum absolute atomic E-state index is 0.0161. The first kappa shape index (κ1) is 18.5. The van der Waals surface area contributed by atoms with Gasteiger partial charge in [-0.3, -0.25) is 9.59 Å². The number of amides is 2. The fraction of sp³-hybridized carbons (Fsp3) is 0.579. The van der Waals surface area contributed by atoms with Crippen LogP contribution in [0.25, 0.3) is 0 Å². The molecule has 0 radical (unpaired) electrons. The SMILES string of the molecule is CCc1ccccc1N1CC(C(=O)NC(CC)(CC)CN)CC1=O. The molecule has 1 aliphatic heterocycles. The maximum atomic E-state index is 12.7. The Bertz CT molecular complexity index is 588. The van der Waals surface area contributed by atoms with Gasteiger partial charge in [0, 0.05) is 25.2 Å². The number of hydrogen-bond acceptors (Lipinski definition) is 3. The number of benzene rings is 1. The van der Waals surface area contributed by atoms with E-state index in [1.807, 2.05) is 38.1 Å². The van der Waals surface area contributed by atoms with Crippen molar-refractivity contribution in [2.45, 2.75) is 52.0 Å². The second kappa shape index (κ2) is 7.79. The molecule has 1 aromatic rings. The summed E-state index contributed by atoms with van der Waals surface area (Å²) in [5.74, 6) is -0.359. The van der Waals surface area contributed by atoms with Gasteiger partial charge in [0.2, 0.25) is 11.8 Å². The third-order valence-corrected chi connectivity index (χ3v) is 5.29. The van der Waals surface area contributed by atoms with Crippen molar-refractivity contribution in [3.8, 4) is 0 Å². The van der Waals surface area contributed by atoms with Crippen LogP contribution in [0.3, 0.4) is 0 Å². The number of nitrogens with two attached hydrogens (primary N) is 1. The molecule has 1 saturated heterocycles. The number of aryl methyl sites for hydroxylation is 1. The van der Waals surface area contributed by atoms with Crippen molar-refractivity contribution in [2.75, 3.05) is 18.0 Å². The van der Waals surface area contributed by atoms with Gasteiger partial charge in [-0.1, -0.05) is 39.0 Å². The highest BCUT2D eigenvalue weighted by molar-refractivity contribution is 6.00. The fourth-order valence-corrected chi connectivity index (χ4v) is 3.32. The van der Waals surface area contributed by atoms with Crippen molar-refractivity contribution in [2.24, 2.45) is 11.7 Å². The van der Waals surface area contributed by atoms with Crippen molar-refractivity contribution >= 4 is 17.5 Å². The molecule has 2 amide bonds. The normalized spacial score (nSPS) is 18.1. The highest BCUT2D eigenvalue weighted by Crippen LogP contribution is 2.29. The van der Waals surface area contributed by atoms with E-state index in [-0.39, 0.29) is 29.7 Å². The van der Waals surface area contributed by atoms with Gasteiger partial charge in [0.25, 0.3) is 0 Å². The molecule has 0 aromatic heterocycles. The number of carbonyl (C=O) groups is 2. The Balaban J connectivity index is 2.13. The number of rotatable bonds is 7. The quantitative estimate of drug-likeness (QED) is 0.804. The molecule has 1 fully saturated rings. The molecule has 1 aromatic carbocycles. The lowest BCUT2D eigenvalue weighted by molar-refractivity contribution is -0.128. The molecule has 1 atom stereocenters. The van der Waals surface area contributed by atoms with Crippen LogP contribution in [0.5, 0.6) is 0 Å². The third kappa shape index (κ3) is 3.61. The van der Waals surface area contributed by atoms with E-state index >= 15 is 0 Å². The summed E-state index contributed by atoms with van der Waals surface area (Å²) in [5.41, 5.74) is 7.56. The Morgan fingerprint density at radius 2 is 1.96 bits per heavy atom. The summed E-state index contributed by atoms with van der Waals surface area (Å²) >= 11 is 0. The summed E-state index contributed by atoms with van der Waals surface area (Å²) in [6, 6.07) is 7.90. The lowest BCUT2D eigenvalue weighted by Crippen LogP contribution is -2.54. The van der Waals surface area contributed by atoms with Gasteiger partial charge in [0.1, 0.15) is 0 Å². The molecule has 132 valence electrons. The molecule has 5 nitrogen and oxygen atoms in total. The van der Waals surface area contributed by atoms with Crippen LogP contribution in [-0.2, 0) is 16.0 Å². The van der Waals surface area contributed by atoms with Gasteiger partial charge in [0.15, 0.2) is 0 Å². The summed E-state index contributed by atoms with van der Waals surface area (Å²) in [6.07, 6.45) is 2.69. The lowest BCUT2D eigenvalue weighted by atomic mass is 9.91. The molecule has 1 aliphatic rings. The molecular weight excluding hydrogens is 302 g/mol. The van der Waals surface area contributed by atoms with Crippen LogP contribution < -0.4 is 16.0 Å². The zero-order valence-corrected chi connectivity index (χ0v) is 15.0. The number of hydrogen-bond donors (Lipinski definition) is 2. The summed E-state index contributed by atoms with van der Waals surface area (Å²) < 4.78 is 0. The van der Waals surface area contributed by atoms with Crippen LogP contribution >= 0.6 is 0 Å². The van der Waals surface area contributed by atoms with E-state index < -0.39 is 0 Å². The minimum atomic E-state index is -0.366. The Morgan fingerprint density at radius 3 is 2.54 bits per heavy atom.